The third kappa shape index (κ3) is 4.71. The Morgan fingerprint density at radius 1 is 1.29 bits per heavy atom. The second kappa shape index (κ2) is 9.72. The number of nitrogens with one attached hydrogen (secondary N) is 1. The smallest absolute Gasteiger partial charge is 0.254 e. The molecule has 2 heterocycles. The quantitative estimate of drug-likeness (QED) is 0.697. The Kier molecular flexibility index (Phi) is 7.25. The van der Waals surface area contributed by atoms with Gasteiger partial charge >= 0.3 is 0 Å². The highest BCUT2D eigenvalue weighted by atomic mass is 19.1. The number of aliphatic hydroxyl groups excluding tert-OH is 1. The van der Waals surface area contributed by atoms with E-state index in [1.807, 2.05) is 13.8 Å². The van der Waals surface area contributed by atoms with Crippen LogP contribution in [0, 0.1) is 18.7 Å². The van der Waals surface area contributed by atoms with E-state index in [1.165, 1.54) is 26.5 Å². The standard InChI is InChI=1S/C23H29FN2O5/c1-12-14(3)31-22(20(12)16-7-8-17(24)13(2)21(16)30-5)23(28)26-15-6-9-18(25-10-15)19(27)11-29-4/h6-10,12,14,19-20,22,27H,11H2,1-5H3,(H,26,28)/t12-,14-,19?,20+,22-/m1/s1. The van der Waals surface area contributed by atoms with Gasteiger partial charge in [-0.15, -0.1) is 0 Å². The number of carbonyl (C=O) groups is 1. The van der Waals surface area contributed by atoms with Gasteiger partial charge in [0.15, 0.2) is 0 Å². The second-order valence-corrected chi connectivity index (χ2v) is 7.87. The molecule has 1 unspecified atom stereocenters. The minimum Gasteiger partial charge on any atom is -0.496 e. The molecule has 7 nitrogen and oxygen atoms in total. The molecule has 8 heteroatoms. The molecule has 1 amide bonds. The predicted octanol–water partition coefficient (Wildman–Crippen LogP) is 3.36. The minimum atomic E-state index is -0.840. The number of hydrogen-bond acceptors (Lipinski definition) is 6. The van der Waals surface area contributed by atoms with Crippen molar-refractivity contribution in [3.8, 4) is 5.75 Å². The molecule has 1 aromatic heterocycles. The highest BCUT2D eigenvalue weighted by Crippen LogP contribution is 2.45. The number of amides is 1. The maximum absolute atomic E-state index is 14.1. The molecule has 1 fully saturated rings. The molecule has 168 valence electrons. The van der Waals surface area contributed by atoms with Gasteiger partial charge in [0.05, 0.1) is 37.4 Å². The van der Waals surface area contributed by atoms with Crippen molar-refractivity contribution in [2.24, 2.45) is 5.92 Å². The highest BCUT2D eigenvalue weighted by molar-refractivity contribution is 5.95. The van der Waals surface area contributed by atoms with Crippen LogP contribution in [0.15, 0.2) is 30.5 Å². The van der Waals surface area contributed by atoms with Crippen molar-refractivity contribution in [2.75, 3.05) is 26.1 Å². The molecule has 0 saturated carbocycles. The number of benzene rings is 1. The molecule has 1 saturated heterocycles. The summed E-state index contributed by atoms with van der Waals surface area (Å²) < 4.78 is 30.5. The van der Waals surface area contributed by atoms with Gasteiger partial charge in [-0.2, -0.15) is 0 Å². The number of rotatable bonds is 7. The summed E-state index contributed by atoms with van der Waals surface area (Å²) in [6, 6.07) is 6.35. The molecule has 0 radical (unpaired) electrons. The van der Waals surface area contributed by atoms with Crippen molar-refractivity contribution >= 4 is 11.6 Å². The Balaban J connectivity index is 1.84. The van der Waals surface area contributed by atoms with Crippen LogP contribution in [0.4, 0.5) is 10.1 Å². The Morgan fingerprint density at radius 2 is 2.03 bits per heavy atom. The molecule has 1 aromatic carbocycles. The molecule has 0 bridgehead atoms. The van der Waals surface area contributed by atoms with Crippen LogP contribution in [0.1, 0.15) is 42.7 Å². The molecule has 3 rings (SSSR count). The average molecular weight is 432 g/mol. The summed E-state index contributed by atoms with van der Waals surface area (Å²) in [5.74, 6) is -0.537. The van der Waals surface area contributed by atoms with Crippen LogP contribution in [-0.4, -0.2) is 49.0 Å². The number of aliphatic hydroxyl groups is 1. The van der Waals surface area contributed by atoms with Crippen LogP contribution < -0.4 is 10.1 Å². The summed E-state index contributed by atoms with van der Waals surface area (Å²) in [4.78, 5) is 17.3. The Morgan fingerprint density at radius 3 is 2.65 bits per heavy atom. The average Bonchev–Trinajstić information content (AvgIpc) is 3.05. The fourth-order valence-electron chi connectivity index (χ4n) is 4.03. The Labute approximate surface area is 181 Å². The summed E-state index contributed by atoms with van der Waals surface area (Å²) in [5, 5.41) is 12.8. The Hall–Kier alpha value is -2.55. The molecular formula is C23H29FN2O5. The predicted molar refractivity (Wildman–Crippen MR) is 114 cm³/mol. The van der Waals surface area contributed by atoms with E-state index >= 15 is 0 Å². The lowest BCUT2D eigenvalue weighted by atomic mass is 9.81. The van der Waals surface area contributed by atoms with Crippen molar-refractivity contribution < 1.29 is 28.5 Å². The maximum atomic E-state index is 14.1. The lowest BCUT2D eigenvalue weighted by Gasteiger charge is -2.24. The Bertz CT molecular complexity index is 921. The largest absolute Gasteiger partial charge is 0.496 e. The first-order chi connectivity index (χ1) is 14.8. The lowest BCUT2D eigenvalue weighted by molar-refractivity contribution is -0.127. The SMILES string of the molecule is COCC(O)c1ccc(NC(=O)[C@@H]2O[C@H](C)[C@@H](C)[C@H]2c2ccc(F)c(C)c2OC)cn1. The van der Waals surface area contributed by atoms with Crippen molar-refractivity contribution in [1.82, 2.24) is 4.98 Å². The number of carbonyl (C=O) groups excluding carboxylic acids is 1. The van der Waals surface area contributed by atoms with E-state index in [9.17, 15) is 14.3 Å². The zero-order valence-corrected chi connectivity index (χ0v) is 18.4. The summed E-state index contributed by atoms with van der Waals surface area (Å²) >= 11 is 0. The third-order valence-corrected chi connectivity index (χ3v) is 5.91. The van der Waals surface area contributed by atoms with Crippen LogP contribution in [0.5, 0.6) is 5.75 Å². The molecule has 2 N–H and O–H groups in total. The van der Waals surface area contributed by atoms with Gasteiger partial charge in [-0.05, 0) is 38.0 Å². The van der Waals surface area contributed by atoms with E-state index in [4.69, 9.17) is 14.2 Å². The molecule has 1 aliphatic heterocycles. The van der Waals surface area contributed by atoms with E-state index in [0.29, 0.717) is 22.7 Å². The normalized spacial score (nSPS) is 24.1. The topological polar surface area (TPSA) is 89.9 Å². The number of halogens is 1. The molecule has 5 atom stereocenters. The van der Waals surface area contributed by atoms with Gasteiger partial charge in [0.1, 0.15) is 23.8 Å². The molecule has 2 aromatic rings. The first-order valence-electron chi connectivity index (χ1n) is 10.2. The first kappa shape index (κ1) is 23.1. The van der Waals surface area contributed by atoms with E-state index in [-0.39, 0.29) is 36.3 Å². The number of aromatic nitrogens is 1. The van der Waals surface area contributed by atoms with E-state index in [0.717, 1.165) is 5.56 Å². The molecule has 0 aliphatic carbocycles. The van der Waals surface area contributed by atoms with E-state index < -0.39 is 12.2 Å². The summed E-state index contributed by atoms with van der Waals surface area (Å²) in [5.41, 5.74) is 2.08. The van der Waals surface area contributed by atoms with Crippen LogP contribution in [0.2, 0.25) is 0 Å². The fourth-order valence-corrected chi connectivity index (χ4v) is 4.03. The van der Waals surface area contributed by atoms with E-state index in [2.05, 4.69) is 10.3 Å². The number of pyridine rings is 1. The van der Waals surface area contributed by atoms with Gasteiger partial charge in [0.25, 0.3) is 5.91 Å². The van der Waals surface area contributed by atoms with Gasteiger partial charge in [0, 0.05) is 24.2 Å². The first-order valence-corrected chi connectivity index (χ1v) is 10.2. The van der Waals surface area contributed by atoms with Crippen LogP contribution in [-0.2, 0) is 14.3 Å². The van der Waals surface area contributed by atoms with Gasteiger partial charge < -0.3 is 24.6 Å². The second-order valence-electron chi connectivity index (χ2n) is 7.87. The minimum absolute atomic E-state index is 0.0132. The van der Waals surface area contributed by atoms with Gasteiger partial charge in [0.2, 0.25) is 0 Å². The summed E-state index contributed by atoms with van der Waals surface area (Å²) in [7, 11) is 2.99. The van der Waals surface area contributed by atoms with Crippen LogP contribution >= 0.6 is 0 Å². The molecular weight excluding hydrogens is 403 g/mol. The number of ether oxygens (including phenoxy) is 3. The number of hydrogen-bond donors (Lipinski definition) is 2. The van der Waals surface area contributed by atoms with Crippen molar-refractivity contribution in [1.29, 1.82) is 0 Å². The van der Waals surface area contributed by atoms with Crippen molar-refractivity contribution in [2.45, 2.75) is 45.0 Å². The number of anilines is 1. The summed E-state index contributed by atoms with van der Waals surface area (Å²) in [6.45, 7) is 5.71. The monoisotopic (exact) mass is 432 g/mol. The zero-order valence-electron chi connectivity index (χ0n) is 18.4. The van der Waals surface area contributed by atoms with Gasteiger partial charge in [-0.25, -0.2) is 4.39 Å². The van der Waals surface area contributed by atoms with Gasteiger partial charge in [-0.1, -0.05) is 13.0 Å². The van der Waals surface area contributed by atoms with Crippen LogP contribution in [0.3, 0.4) is 0 Å². The third-order valence-electron chi connectivity index (χ3n) is 5.91. The van der Waals surface area contributed by atoms with Crippen LogP contribution in [0.25, 0.3) is 0 Å². The number of methoxy groups -OCH3 is 2. The lowest BCUT2D eigenvalue weighted by Crippen LogP contribution is -2.33. The molecule has 1 aliphatic rings. The van der Waals surface area contributed by atoms with Crippen molar-refractivity contribution in [3.05, 3.63) is 53.1 Å². The summed E-state index contributed by atoms with van der Waals surface area (Å²) in [6.07, 6.45) is -0.304. The number of nitrogens with zero attached hydrogens (tertiary/aromatic N) is 1. The van der Waals surface area contributed by atoms with Crippen molar-refractivity contribution in [3.63, 3.8) is 0 Å². The fraction of sp³-hybridized carbons (Fsp3) is 0.478. The maximum Gasteiger partial charge on any atom is 0.254 e. The van der Waals surface area contributed by atoms with Gasteiger partial charge in [-0.3, -0.25) is 9.78 Å². The van der Waals surface area contributed by atoms with E-state index in [1.54, 1.807) is 25.1 Å². The zero-order chi connectivity index (χ0) is 22.7. The highest BCUT2D eigenvalue weighted by Gasteiger charge is 2.45. The molecule has 31 heavy (non-hydrogen) atoms. The molecule has 0 spiro atoms.